The second kappa shape index (κ2) is 8.79. The first-order valence-electron chi connectivity index (χ1n) is 9.00. The Bertz CT molecular complexity index is 770. The largest absolute Gasteiger partial charge is 0.491 e. The number of carbonyl (C=O) groups is 1. The Morgan fingerprint density at radius 2 is 2.00 bits per heavy atom. The fourth-order valence-corrected chi connectivity index (χ4v) is 3.14. The first kappa shape index (κ1) is 18.4. The van der Waals surface area contributed by atoms with Crippen LogP contribution < -0.4 is 4.74 Å². The molecule has 0 amide bonds. The van der Waals surface area contributed by atoms with Crippen LogP contribution in [0.3, 0.4) is 0 Å². The van der Waals surface area contributed by atoms with Gasteiger partial charge in [-0.15, -0.1) is 0 Å². The molecular weight excluding hydrogens is 326 g/mol. The van der Waals surface area contributed by atoms with Crippen LogP contribution in [0.15, 0.2) is 60.7 Å². The number of hydrogen-bond donors (Lipinski definition) is 1. The zero-order chi connectivity index (χ0) is 18.4. The maximum absolute atomic E-state index is 11.4. The van der Waals surface area contributed by atoms with Crippen molar-refractivity contribution in [1.29, 1.82) is 0 Å². The predicted octanol–water partition coefficient (Wildman–Crippen LogP) is 3.42. The highest BCUT2D eigenvalue weighted by molar-refractivity contribution is 5.94. The molecule has 26 heavy (non-hydrogen) atoms. The highest BCUT2D eigenvalue weighted by Crippen LogP contribution is 2.22. The molecule has 1 atom stereocenters. The van der Waals surface area contributed by atoms with Gasteiger partial charge in [0, 0.05) is 25.2 Å². The first-order chi connectivity index (χ1) is 12.6. The Balaban J connectivity index is 1.47. The van der Waals surface area contributed by atoms with E-state index in [1.807, 2.05) is 6.07 Å². The smallest absolute Gasteiger partial charge is 0.159 e. The molecule has 0 radical (unpaired) electrons. The Kier molecular flexibility index (Phi) is 6.21. The van der Waals surface area contributed by atoms with Crippen molar-refractivity contribution >= 4 is 11.4 Å². The van der Waals surface area contributed by atoms with E-state index in [1.54, 1.807) is 24.3 Å². The van der Waals surface area contributed by atoms with E-state index in [9.17, 15) is 9.90 Å². The molecule has 136 valence electrons. The number of nitrogens with zero attached hydrogens (tertiary/aromatic N) is 1. The van der Waals surface area contributed by atoms with Crippen molar-refractivity contribution in [3.05, 3.63) is 71.8 Å². The number of Topliss-reactive ketones (excluding diaryl/α,β-unsaturated/α-hetero) is 1. The number of ether oxygens (including phenoxy) is 1. The summed E-state index contributed by atoms with van der Waals surface area (Å²) in [5, 5.41) is 10.3. The molecule has 0 saturated heterocycles. The van der Waals surface area contributed by atoms with E-state index < -0.39 is 6.10 Å². The van der Waals surface area contributed by atoms with Crippen molar-refractivity contribution in [2.75, 3.05) is 26.2 Å². The lowest BCUT2D eigenvalue weighted by Gasteiger charge is -2.28. The highest BCUT2D eigenvalue weighted by Gasteiger charge is 2.16. The molecule has 0 spiro atoms. The van der Waals surface area contributed by atoms with Crippen LogP contribution in [0.4, 0.5) is 0 Å². The summed E-state index contributed by atoms with van der Waals surface area (Å²) < 4.78 is 5.65. The monoisotopic (exact) mass is 351 g/mol. The first-order valence-corrected chi connectivity index (χ1v) is 9.00. The fraction of sp³-hybridized carbons (Fsp3) is 0.318. The topological polar surface area (TPSA) is 49.8 Å². The van der Waals surface area contributed by atoms with Crippen molar-refractivity contribution in [2.24, 2.45) is 0 Å². The second-order valence-corrected chi connectivity index (χ2v) is 6.65. The van der Waals surface area contributed by atoms with Crippen molar-refractivity contribution in [2.45, 2.75) is 19.4 Å². The summed E-state index contributed by atoms with van der Waals surface area (Å²) in [6.07, 6.45) is 2.66. The normalized spacial score (nSPS) is 16.0. The van der Waals surface area contributed by atoms with Gasteiger partial charge in [0.15, 0.2) is 5.78 Å². The molecule has 4 heteroatoms. The van der Waals surface area contributed by atoms with Gasteiger partial charge in [-0.3, -0.25) is 9.69 Å². The lowest BCUT2D eigenvalue weighted by molar-refractivity contribution is 0.0716. The average Bonchev–Trinajstić information content (AvgIpc) is 2.68. The molecule has 1 N–H and O–H groups in total. The van der Waals surface area contributed by atoms with Crippen molar-refractivity contribution < 1.29 is 14.6 Å². The minimum atomic E-state index is -0.567. The van der Waals surface area contributed by atoms with Crippen molar-refractivity contribution in [3.63, 3.8) is 0 Å². The molecule has 0 bridgehead atoms. The Hall–Kier alpha value is -2.43. The van der Waals surface area contributed by atoms with E-state index in [4.69, 9.17) is 4.74 Å². The number of aliphatic hydroxyl groups is 1. The van der Waals surface area contributed by atoms with Crippen LogP contribution in [-0.4, -0.2) is 48.1 Å². The average molecular weight is 351 g/mol. The molecule has 2 aromatic rings. The summed E-state index contributed by atoms with van der Waals surface area (Å²) in [4.78, 5) is 13.6. The summed E-state index contributed by atoms with van der Waals surface area (Å²) in [5.74, 6) is 0.618. The zero-order valence-corrected chi connectivity index (χ0v) is 15.1. The molecule has 0 aromatic heterocycles. The minimum absolute atomic E-state index is 0.00493. The van der Waals surface area contributed by atoms with Gasteiger partial charge in [0.1, 0.15) is 18.5 Å². The molecule has 2 aromatic carbocycles. The number of ketones is 1. The van der Waals surface area contributed by atoms with Gasteiger partial charge in [0.05, 0.1) is 0 Å². The minimum Gasteiger partial charge on any atom is -0.491 e. The molecule has 1 heterocycles. The summed E-state index contributed by atoms with van der Waals surface area (Å²) in [7, 11) is 0. The van der Waals surface area contributed by atoms with Crippen molar-refractivity contribution in [3.8, 4) is 5.75 Å². The highest BCUT2D eigenvalue weighted by atomic mass is 16.5. The number of carbonyl (C=O) groups excluding carboxylic acids is 1. The number of hydrogen-bond acceptors (Lipinski definition) is 4. The molecular formula is C22H25NO3. The molecule has 3 rings (SSSR count). The molecule has 4 nitrogen and oxygen atoms in total. The van der Waals surface area contributed by atoms with E-state index in [0.717, 1.165) is 19.5 Å². The quantitative estimate of drug-likeness (QED) is 0.777. The van der Waals surface area contributed by atoms with Gasteiger partial charge in [0.2, 0.25) is 0 Å². The third kappa shape index (κ3) is 5.04. The fourth-order valence-electron chi connectivity index (χ4n) is 3.14. The summed E-state index contributed by atoms with van der Waals surface area (Å²) in [5.41, 5.74) is 3.27. The molecule has 1 aliphatic heterocycles. The SMILES string of the molecule is CC(=O)c1cccc(OC[C@H](O)CN2CC=C(c3ccccc3)CC2)c1. The van der Waals surface area contributed by atoms with Crippen LogP contribution in [0.25, 0.3) is 5.57 Å². The van der Waals surface area contributed by atoms with E-state index in [-0.39, 0.29) is 12.4 Å². The third-order valence-corrected chi connectivity index (χ3v) is 4.59. The molecule has 0 saturated carbocycles. The van der Waals surface area contributed by atoms with Crippen molar-refractivity contribution in [1.82, 2.24) is 4.90 Å². The van der Waals surface area contributed by atoms with E-state index in [0.29, 0.717) is 17.9 Å². The number of β-amino-alcohol motifs (C(OH)–C–C–N with tert-alkyl or cyclic N) is 1. The Morgan fingerprint density at radius 3 is 2.69 bits per heavy atom. The predicted molar refractivity (Wildman–Crippen MR) is 103 cm³/mol. The standard InChI is InChI=1S/C22H25NO3/c1-17(24)20-8-5-9-22(14-20)26-16-21(25)15-23-12-10-19(11-13-23)18-6-3-2-4-7-18/h2-10,14,21,25H,11-13,15-16H2,1H3/t21-/m1/s1. The van der Waals surface area contributed by atoms with Gasteiger partial charge in [0.25, 0.3) is 0 Å². The van der Waals surface area contributed by atoms with Crippen LogP contribution in [0, 0.1) is 0 Å². The summed E-state index contributed by atoms with van der Waals surface area (Å²) >= 11 is 0. The number of aliphatic hydroxyl groups excluding tert-OH is 1. The zero-order valence-electron chi connectivity index (χ0n) is 15.1. The maximum atomic E-state index is 11.4. The van der Waals surface area contributed by atoms with Crippen LogP contribution >= 0.6 is 0 Å². The number of benzene rings is 2. The maximum Gasteiger partial charge on any atom is 0.159 e. The van der Waals surface area contributed by atoms with Gasteiger partial charge in [-0.1, -0.05) is 48.5 Å². The summed E-state index contributed by atoms with van der Waals surface area (Å²) in [6.45, 7) is 4.08. The molecule has 1 aliphatic rings. The Labute approximate surface area is 154 Å². The third-order valence-electron chi connectivity index (χ3n) is 4.59. The van der Waals surface area contributed by atoms with Crippen LogP contribution in [0.5, 0.6) is 5.75 Å². The van der Waals surface area contributed by atoms with Crippen LogP contribution in [0.2, 0.25) is 0 Å². The van der Waals surface area contributed by atoms with Gasteiger partial charge in [-0.25, -0.2) is 0 Å². The van der Waals surface area contributed by atoms with Crippen LogP contribution in [0.1, 0.15) is 29.3 Å². The lowest BCUT2D eigenvalue weighted by atomic mass is 9.99. The second-order valence-electron chi connectivity index (χ2n) is 6.65. The number of rotatable bonds is 7. The van der Waals surface area contributed by atoms with Crippen LogP contribution in [-0.2, 0) is 0 Å². The van der Waals surface area contributed by atoms with Gasteiger partial charge in [-0.2, -0.15) is 0 Å². The van der Waals surface area contributed by atoms with Gasteiger partial charge >= 0.3 is 0 Å². The molecule has 0 fully saturated rings. The lowest BCUT2D eigenvalue weighted by Crippen LogP contribution is -2.38. The van der Waals surface area contributed by atoms with Gasteiger partial charge < -0.3 is 9.84 Å². The molecule has 0 aliphatic carbocycles. The van der Waals surface area contributed by atoms with E-state index in [2.05, 4.69) is 35.2 Å². The van der Waals surface area contributed by atoms with E-state index >= 15 is 0 Å². The van der Waals surface area contributed by atoms with E-state index in [1.165, 1.54) is 18.1 Å². The molecule has 0 unspecified atom stereocenters. The van der Waals surface area contributed by atoms with Gasteiger partial charge in [-0.05, 0) is 36.6 Å². The Morgan fingerprint density at radius 1 is 1.19 bits per heavy atom. The summed E-state index contributed by atoms with van der Waals surface area (Å²) in [6, 6.07) is 17.5.